The van der Waals surface area contributed by atoms with Gasteiger partial charge in [0.05, 0.1) is 6.10 Å². The lowest BCUT2D eigenvalue weighted by Crippen LogP contribution is -2.33. The highest BCUT2D eigenvalue weighted by molar-refractivity contribution is 5.84. The van der Waals surface area contributed by atoms with Crippen LogP contribution in [0, 0.1) is 0 Å². The van der Waals surface area contributed by atoms with Crippen molar-refractivity contribution in [1.29, 1.82) is 0 Å². The van der Waals surface area contributed by atoms with Gasteiger partial charge < -0.3 is 15.3 Å². The van der Waals surface area contributed by atoms with Gasteiger partial charge in [-0.05, 0) is 6.92 Å². The molecule has 2 atom stereocenters. The first kappa shape index (κ1) is 8.55. The maximum atomic E-state index is 10.3. The van der Waals surface area contributed by atoms with Gasteiger partial charge in [0.2, 0.25) is 0 Å². The average Bonchev–Trinajstić information content (AvgIpc) is 1.84. The highest BCUT2D eigenvalue weighted by Crippen LogP contribution is 1.91. The number of aliphatic hydroxyl groups excluding tert-OH is 3. The Morgan fingerprint density at radius 3 is 2.11 bits per heavy atom. The van der Waals surface area contributed by atoms with Gasteiger partial charge in [0, 0.05) is 0 Å². The molecule has 0 aromatic rings. The molecule has 4 heteroatoms. The monoisotopic (exact) mass is 134 g/mol. The van der Waals surface area contributed by atoms with Crippen LogP contribution < -0.4 is 0 Å². The number of aliphatic hydroxyl groups is 3. The summed E-state index contributed by atoms with van der Waals surface area (Å²) >= 11 is 0. The van der Waals surface area contributed by atoms with Crippen LogP contribution in [0.4, 0.5) is 0 Å². The third kappa shape index (κ3) is 2.55. The molecule has 0 saturated carbocycles. The first-order chi connectivity index (χ1) is 4.09. The molecule has 9 heavy (non-hydrogen) atoms. The molecule has 0 amide bonds. The predicted molar refractivity (Wildman–Crippen MR) is 29.8 cm³/mol. The molecule has 0 aliphatic carbocycles. The average molecular weight is 134 g/mol. The maximum absolute atomic E-state index is 10.3. The topological polar surface area (TPSA) is 77.8 Å². The minimum Gasteiger partial charge on any atom is -0.390 e. The van der Waals surface area contributed by atoms with Crippen molar-refractivity contribution in [3.8, 4) is 0 Å². The van der Waals surface area contributed by atoms with E-state index in [1.807, 2.05) is 0 Å². The zero-order chi connectivity index (χ0) is 7.44. The maximum Gasteiger partial charge on any atom is 0.189 e. The number of rotatable bonds is 3. The quantitative estimate of drug-likeness (QED) is 0.429. The summed E-state index contributed by atoms with van der Waals surface area (Å²) in [7, 11) is 0. The number of carbonyl (C=O) groups is 1. The highest BCUT2D eigenvalue weighted by Gasteiger charge is 2.18. The van der Waals surface area contributed by atoms with Crippen LogP contribution in [0.5, 0.6) is 0 Å². The number of ketones is 1. The Labute approximate surface area is 52.7 Å². The van der Waals surface area contributed by atoms with E-state index in [1.54, 1.807) is 0 Å². The first-order valence-electron chi connectivity index (χ1n) is 2.59. The third-order valence-corrected chi connectivity index (χ3v) is 0.943. The lowest BCUT2D eigenvalue weighted by atomic mass is 10.1. The van der Waals surface area contributed by atoms with Gasteiger partial charge in [0.1, 0.15) is 12.7 Å². The van der Waals surface area contributed by atoms with Crippen molar-refractivity contribution >= 4 is 5.78 Å². The fourth-order valence-electron chi connectivity index (χ4n) is 0.363. The van der Waals surface area contributed by atoms with Crippen molar-refractivity contribution in [1.82, 2.24) is 0 Å². The van der Waals surface area contributed by atoms with Crippen LogP contribution in [0.1, 0.15) is 6.92 Å². The van der Waals surface area contributed by atoms with E-state index in [1.165, 1.54) is 6.92 Å². The molecule has 0 heterocycles. The SMILES string of the molecule is C[C@@H](O)[C@@H](O)C(=O)CO. The normalized spacial score (nSPS) is 16.9. The van der Waals surface area contributed by atoms with Crippen LogP contribution in [-0.4, -0.2) is 39.9 Å². The Kier molecular flexibility index (Phi) is 3.37. The van der Waals surface area contributed by atoms with E-state index in [2.05, 4.69) is 0 Å². The van der Waals surface area contributed by atoms with Gasteiger partial charge in [-0.15, -0.1) is 0 Å². The van der Waals surface area contributed by atoms with Gasteiger partial charge in [0.25, 0.3) is 0 Å². The highest BCUT2D eigenvalue weighted by atomic mass is 16.3. The smallest absolute Gasteiger partial charge is 0.189 e. The van der Waals surface area contributed by atoms with E-state index in [-0.39, 0.29) is 0 Å². The molecule has 0 fully saturated rings. The first-order valence-corrected chi connectivity index (χ1v) is 2.59. The largest absolute Gasteiger partial charge is 0.390 e. The Bertz CT molecular complexity index is 99.1. The summed E-state index contributed by atoms with van der Waals surface area (Å²) < 4.78 is 0. The molecule has 4 nitrogen and oxygen atoms in total. The Hall–Kier alpha value is -0.450. The lowest BCUT2D eigenvalue weighted by molar-refractivity contribution is -0.134. The van der Waals surface area contributed by atoms with Crippen LogP contribution in [-0.2, 0) is 4.79 Å². The third-order valence-electron chi connectivity index (χ3n) is 0.943. The minimum absolute atomic E-state index is 0.730. The summed E-state index contributed by atoms with van der Waals surface area (Å²) in [5, 5.41) is 25.3. The summed E-state index contributed by atoms with van der Waals surface area (Å²) in [6.45, 7) is 0.546. The molecule has 0 bridgehead atoms. The summed E-state index contributed by atoms with van der Waals surface area (Å²) in [5.74, 6) is -0.759. The molecule has 0 radical (unpaired) electrons. The van der Waals surface area contributed by atoms with Crippen molar-refractivity contribution in [2.45, 2.75) is 19.1 Å². The van der Waals surface area contributed by atoms with E-state index in [9.17, 15) is 4.79 Å². The predicted octanol–water partition coefficient (Wildman–Crippen LogP) is -1.71. The molecule has 0 aliphatic rings. The molecule has 3 N–H and O–H groups in total. The number of carbonyl (C=O) groups excluding carboxylic acids is 1. The van der Waals surface area contributed by atoms with Crippen LogP contribution in [0.15, 0.2) is 0 Å². The van der Waals surface area contributed by atoms with Gasteiger partial charge in [-0.3, -0.25) is 4.79 Å². The summed E-state index contributed by atoms with van der Waals surface area (Å²) in [4.78, 5) is 10.3. The van der Waals surface area contributed by atoms with Gasteiger partial charge in [-0.1, -0.05) is 0 Å². The van der Waals surface area contributed by atoms with Crippen LogP contribution >= 0.6 is 0 Å². The summed E-state index contributed by atoms with van der Waals surface area (Å²) in [5.41, 5.74) is 0. The number of hydrogen-bond donors (Lipinski definition) is 3. The van der Waals surface area contributed by atoms with Crippen molar-refractivity contribution < 1.29 is 20.1 Å². The molecule has 0 aliphatic heterocycles. The van der Waals surface area contributed by atoms with E-state index < -0.39 is 24.6 Å². The standard InChI is InChI=1S/C5H10O4/c1-3(7)5(9)4(8)2-6/h3,5-7,9H,2H2,1H3/t3-,5-/m1/s1. The van der Waals surface area contributed by atoms with Crippen molar-refractivity contribution in [3.63, 3.8) is 0 Å². The van der Waals surface area contributed by atoms with Gasteiger partial charge in [-0.25, -0.2) is 0 Å². The zero-order valence-corrected chi connectivity index (χ0v) is 5.11. The molecule has 0 rings (SSSR count). The Balaban J connectivity index is 3.72. The lowest BCUT2D eigenvalue weighted by Gasteiger charge is -2.09. The number of Topliss-reactive ketones (excluding diaryl/α,β-unsaturated/α-hetero) is 1. The Morgan fingerprint density at radius 1 is 1.56 bits per heavy atom. The van der Waals surface area contributed by atoms with E-state index >= 15 is 0 Å². The van der Waals surface area contributed by atoms with Gasteiger partial charge >= 0.3 is 0 Å². The fourth-order valence-corrected chi connectivity index (χ4v) is 0.363. The second kappa shape index (κ2) is 3.55. The second-order valence-electron chi connectivity index (χ2n) is 1.81. The van der Waals surface area contributed by atoms with Crippen LogP contribution in [0.3, 0.4) is 0 Å². The summed E-state index contributed by atoms with van der Waals surface area (Å²) in [6.07, 6.45) is -2.56. The minimum atomic E-state index is -1.45. The van der Waals surface area contributed by atoms with E-state index in [4.69, 9.17) is 15.3 Å². The van der Waals surface area contributed by atoms with Crippen LogP contribution in [0.25, 0.3) is 0 Å². The molecular formula is C5H10O4. The Morgan fingerprint density at radius 2 is 2.00 bits per heavy atom. The number of hydrogen-bond acceptors (Lipinski definition) is 4. The molecule has 0 aromatic carbocycles. The van der Waals surface area contributed by atoms with Crippen molar-refractivity contribution in [2.24, 2.45) is 0 Å². The van der Waals surface area contributed by atoms with Gasteiger partial charge in [0.15, 0.2) is 5.78 Å². The zero-order valence-electron chi connectivity index (χ0n) is 5.11. The second-order valence-corrected chi connectivity index (χ2v) is 1.81. The fraction of sp³-hybridized carbons (Fsp3) is 0.800. The molecule has 0 saturated heterocycles. The van der Waals surface area contributed by atoms with E-state index in [0.29, 0.717) is 0 Å². The van der Waals surface area contributed by atoms with Crippen molar-refractivity contribution in [3.05, 3.63) is 0 Å². The van der Waals surface area contributed by atoms with Gasteiger partial charge in [-0.2, -0.15) is 0 Å². The molecular weight excluding hydrogens is 124 g/mol. The molecule has 0 unspecified atom stereocenters. The molecule has 0 spiro atoms. The van der Waals surface area contributed by atoms with E-state index in [0.717, 1.165) is 0 Å². The summed E-state index contributed by atoms with van der Waals surface area (Å²) in [6, 6.07) is 0. The van der Waals surface area contributed by atoms with Crippen LogP contribution in [0.2, 0.25) is 0 Å². The van der Waals surface area contributed by atoms with Crippen molar-refractivity contribution in [2.75, 3.05) is 6.61 Å². The molecule has 0 aromatic heterocycles. The molecule has 54 valence electrons.